The monoisotopic (exact) mass is 457 g/mol. The topological polar surface area (TPSA) is 76.2 Å². The van der Waals surface area contributed by atoms with Gasteiger partial charge in [0.1, 0.15) is 0 Å². The van der Waals surface area contributed by atoms with Crippen molar-refractivity contribution >= 4 is 33.1 Å². The maximum atomic E-state index is 5.88. The summed E-state index contributed by atoms with van der Waals surface area (Å²) in [6.07, 6.45) is 0. The molecule has 3 aromatic carbocycles. The van der Waals surface area contributed by atoms with Crippen molar-refractivity contribution < 1.29 is 0 Å². The predicted molar refractivity (Wildman–Crippen MR) is 127 cm³/mol. The molecule has 0 aliphatic carbocycles. The zero-order valence-corrected chi connectivity index (χ0v) is 18.0. The minimum atomic E-state index is 0.616. The number of benzene rings is 3. The van der Waals surface area contributed by atoms with E-state index in [0.717, 1.165) is 32.6 Å². The van der Waals surface area contributed by atoms with Gasteiger partial charge in [0.2, 0.25) is 0 Å². The molecule has 0 atom stereocenters. The Morgan fingerprint density at radius 2 is 1.63 bits per heavy atom. The van der Waals surface area contributed by atoms with Crippen molar-refractivity contribution in [1.82, 2.24) is 9.97 Å². The summed E-state index contributed by atoms with van der Waals surface area (Å²) in [7, 11) is 0. The third kappa shape index (κ3) is 4.72. The number of aromatic nitrogens is 2. The lowest BCUT2D eigenvalue weighted by atomic mass is 10.1. The summed E-state index contributed by atoms with van der Waals surface area (Å²) >= 11 is 3.47. The molecule has 0 spiro atoms. The van der Waals surface area contributed by atoms with E-state index in [1.807, 2.05) is 91.9 Å². The molecule has 0 unspecified atom stereocenters. The minimum Gasteiger partial charge on any atom is -0.399 e. The van der Waals surface area contributed by atoms with Crippen LogP contribution < -0.4 is 11.2 Å². The molecule has 0 fully saturated rings. The molecule has 0 aliphatic heterocycles. The van der Waals surface area contributed by atoms with Gasteiger partial charge in [-0.2, -0.15) is 5.10 Å². The number of nitrogens with zero attached hydrogens (tertiary/aromatic N) is 3. The summed E-state index contributed by atoms with van der Waals surface area (Å²) in [5.41, 5.74) is 14.2. The van der Waals surface area contributed by atoms with Gasteiger partial charge in [-0.1, -0.05) is 70.5 Å². The predicted octanol–water partition coefficient (Wildman–Crippen LogP) is 5.99. The molecule has 148 valence electrons. The van der Waals surface area contributed by atoms with Crippen LogP contribution in [0, 0.1) is 0 Å². The first-order chi connectivity index (χ1) is 14.6. The number of halogens is 1. The second-order valence-electron chi connectivity index (χ2n) is 6.77. The Hall–Kier alpha value is -3.51. The Bertz CT molecular complexity index is 1190. The molecular formula is C24H20BrN5. The van der Waals surface area contributed by atoms with Gasteiger partial charge in [-0.15, -0.1) is 0 Å². The highest BCUT2D eigenvalue weighted by molar-refractivity contribution is 9.10. The largest absolute Gasteiger partial charge is 0.399 e. The second-order valence-corrected chi connectivity index (χ2v) is 7.69. The number of hydrazone groups is 1. The molecule has 1 heterocycles. The summed E-state index contributed by atoms with van der Waals surface area (Å²) in [4.78, 5) is 9.44. The second kappa shape index (κ2) is 8.88. The summed E-state index contributed by atoms with van der Waals surface area (Å²) in [5, 5.41) is 4.50. The van der Waals surface area contributed by atoms with E-state index in [9.17, 15) is 0 Å². The van der Waals surface area contributed by atoms with E-state index in [1.165, 1.54) is 0 Å². The molecule has 0 saturated heterocycles. The van der Waals surface area contributed by atoms with Crippen LogP contribution in [0.5, 0.6) is 0 Å². The van der Waals surface area contributed by atoms with Gasteiger partial charge < -0.3 is 5.73 Å². The average Bonchev–Trinajstić information content (AvgIpc) is 2.78. The lowest BCUT2D eigenvalue weighted by molar-refractivity contribution is 1.15. The van der Waals surface area contributed by atoms with Crippen LogP contribution in [0.2, 0.25) is 0 Å². The van der Waals surface area contributed by atoms with Crippen LogP contribution in [0.15, 0.2) is 94.5 Å². The van der Waals surface area contributed by atoms with E-state index in [1.54, 1.807) is 0 Å². The Morgan fingerprint density at radius 1 is 0.867 bits per heavy atom. The maximum Gasteiger partial charge on any atom is 0.162 e. The molecule has 4 aromatic rings. The highest BCUT2D eigenvalue weighted by Crippen LogP contribution is 2.25. The number of nitrogen functional groups attached to an aromatic ring is 1. The number of hydrogen-bond donors (Lipinski definition) is 2. The van der Waals surface area contributed by atoms with Gasteiger partial charge in [0.25, 0.3) is 0 Å². The molecule has 30 heavy (non-hydrogen) atoms. The Kier molecular flexibility index (Phi) is 5.86. The summed E-state index contributed by atoms with van der Waals surface area (Å²) < 4.78 is 1.01. The van der Waals surface area contributed by atoms with Crippen molar-refractivity contribution in [2.45, 2.75) is 6.92 Å². The van der Waals surface area contributed by atoms with E-state index in [0.29, 0.717) is 17.3 Å². The number of anilines is 2. The summed E-state index contributed by atoms with van der Waals surface area (Å²) in [5.74, 6) is 1.24. The SMILES string of the molecule is C/C(=N/Nc1cc(-c2ccccc2)nc(-c2ccc(Br)cc2)n1)c1cccc(N)c1. The molecule has 6 heteroatoms. The van der Waals surface area contributed by atoms with Crippen molar-refractivity contribution in [2.75, 3.05) is 11.2 Å². The van der Waals surface area contributed by atoms with Crippen molar-refractivity contribution in [3.05, 3.63) is 95.0 Å². The Morgan fingerprint density at radius 3 is 2.37 bits per heavy atom. The van der Waals surface area contributed by atoms with Crippen LogP contribution >= 0.6 is 15.9 Å². The van der Waals surface area contributed by atoms with Gasteiger partial charge in [0, 0.05) is 27.4 Å². The number of rotatable bonds is 5. The van der Waals surface area contributed by atoms with Crippen molar-refractivity contribution in [1.29, 1.82) is 0 Å². The first-order valence-electron chi connectivity index (χ1n) is 9.45. The molecule has 3 N–H and O–H groups in total. The molecule has 0 radical (unpaired) electrons. The molecule has 0 saturated carbocycles. The van der Waals surface area contributed by atoms with E-state index in [-0.39, 0.29) is 0 Å². The number of nitrogens with one attached hydrogen (secondary N) is 1. The summed E-state index contributed by atoms with van der Waals surface area (Å²) in [6, 6.07) is 27.5. The lowest BCUT2D eigenvalue weighted by Crippen LogP contribution is -2.03. The smallest absolute Gasteiger partial charge is 0.162 e. The minimum absolute atomic E-state index is 0.616. The normalized spacial score (nSPS) is 11.3. The van der Waals surface area contributed by atoms with E-state index < -0.39 is 0 Å². The Labute approximate surface area is 183 Å². The van der Waals surface area contributed by atoms with Gasteiger partial charge in [-0.3, -0.25) is 5.43 Å². The molecule has 0 amide bonds. The van der Waals surface area contributed by atoms with Crippen molar-refractivity contribution in [2.24, 2.45) is 5.10 Å². The third-order valence-corrected chi connectivity index (χ3v) is 5.07. The van der Waals surface area contributed by atoms with Crippen LogP contribution in [-0.2, 0) is 0 Å². The molecule has 1 aromatic heterocycles. The number of nitrogens with two attached hydrogens (primary N) is 1. The molecule has 5 nitrogen and oxygen atoms in total. The molecule has 0 bridgehead atoms. The Balaban J connectivity index is 1.72. The third-order valence-electron chi connectivity index (χ3n) is 4.54. The van der Waals surface area contributed by atoms with Crippen molar-refractivity contribution in [3.8, 4) is 22.6 Å². The fourth-order valence-electron chi connectivity index (χ4n) is 2.96. The van der Waals surface area contributed by atoms with Crippen LogP contribution in [-0.4, -0.2) is 15.7 Å². The first kappa shape index (κ1) is 19.8. The maximum absolute atomic E-state index is 5.88. The van der Waals surface area contributed by atoms with E-state index in [2.05, 4.69) is 31.4 Å². The fraction of sp³-hybridized carbons (Fsp3) is 0.0417. The van der Waals surface area contributed by atoms with Gasteiger partial charge >= 0.3 is 0 Å². The molecule has 4 rings (SSSR count). The molecule has 0 aliphatic rings. The summed E-state index contributed by atoms with van der Waals surface area (Å²) in [6.45, 7) is 1.93. The highest BCUT2D eigenvalue weighted by atomic mass is 79.9. The fourth-order valence-corrected chi connectivity index (χ4v) is 3.22. The lowest BCUT2D eigenvalue weighted by Gasteiger charge is -2.09. The number of hydrogen-bond acceptors (Lipinski definition) is 5. The van der Waals surface area contributed by atoms with Gasteiger partial charge in [0.05, 0.1) is 11.4 Å². The highest BCUT2D eigenvalue weighted by Gasteiger charge is 2.09. The van der Waals surface area contributed by atoms with Crippen LogP contribution in [0.4, 0.5) is 11.5 Å². The van der Waals surface area contributed by atoms with Crippen LogP contribution in [0.1, 0.15) is 12.5 Å². The van der Waals surface area contributed by atoms with Crippen LogP contribution in [0.25, 0.3) is 22.6 Å². The van der Waals surface area contributed by atoms with E-state index in [4.69, 9.17) is 10.7 Å². The standard InChI is InChI=1S/C24H20BrN5/c1-16(19-8-5-9-21(26)14-19)29-30-23-15-22(17-6-3-2-4-7-17)27-24(28-23)18-10-12-20(25)13-11-18/h2-15H,26H2,1H3,(H,27,28,30)/b29-16-. The van der Waals surface area contributed by atoms with Gasteiger partial charge in [-0.25, -0.2) is 9.97 Å². The van der Waals surface area contributed by atoms with Gasteiger partial charge in [0.15, 0.2) is 11.6 Å². The first-order valence-corrected chi connectivity index (χ1v) is 10.2. The quantitative estimate of drug-likeness (QED) is 0.219. The molecular weight excluding hydrogens is 438 g/mol. The van der Waals surface area contributed by atoms with Gasteiger partial charge in [-0.05, 0) is 36.8 Å². The van der Waals surface area contributed by atoms with E-state index >= 15 is 0 Å². The zero-order chi connectivity index (χ0) is 20.9. The van der Waals surface area contributed by atoms with Crippen LogP contribution in [0.3, 0.4) is 0 Å². The zero-order valence-electron chi connectivity index (χ0n) is 16.4. The average molecular weight is 458 g/mol. The van der Waals surface area contributed by atoms with Crippen molar-refractivity contribution in [3.63, 3.8) is 0 Å².